The van der Waals surface area contributed by atoms with Crippen molar-refractivity contribution in [3.63, 3.8) is 0 Å². The molecule has 1 atom stereocenters. The van der Waals surface area contributed by atoms with E-state index in [4.69, 9.17) is 0 Å². The molecular formula is C14H33N3O2S. The molecule has 6 heteroatoms. The first-order valence-corrected chi connectivity index (χ1v) is 9.25. The highest BCUT2D eigenvalue weighted by Crippen LogP contribution is 2.00. The van der Waals surface area contributed by atoms with Gasteiger partial charge in [0.15, 0.2) is 0 Å². The van der Waals surface area contributed by atoms with Gasteiger partial charge in [-0.2, -0.15) is 0 Å². The van der Waals surface area contributed by atoms with E-state index in [1.807, 2.05) is 0 Å². The van der Waals surface area contributed by atoms with Crippen LogP contribution in [0.5, 0.6) is 0 Å². The second kappa shape index (κ2) is 10.5. The van der Waals surface area contributed by atoms with Crippen LogP contribution in [0.3, 0.4) is 0 Å². The lowest BCUT2D eigenvalue weighted by Gasteiger charge is -2.20. The Bertz CT molecular complexity index is 331. The topological polar surface area (TPSA) is 61.4 Å². The Labute approximate surface area is 125 Å². The number of nitrogens with one attached hydrogen (secondary N) is 2. The van der Waals surface area contributed by atoms with Gasteiger partial charge in [-0.05, 0) is 60.2 Å². The van der Waals surface area contributed by atoms with Crippen LogP contribution in [0, 0.1) is 0 Å². The van der Waals surface area contributed by atoms with Crippen molar-refractivity contribution >= 4 is 10.0 Å². The van der Waals surface area contributed by atoms with Crippen LogP contribution in [0.1, 0.15) is 47.0 Å². The Morgan fingerprint density at radius 1 is 1.10 bits per heavy atom. The van der Waals surface area contributed by atoms with E-state index in [2.05, 4.69) is 42.8 Å². The van der Waals surface area contributed by atoms with Crippen LogP contribution in [0.15, 0.2) is 0 Å². The average Bonchev–Trinajstić information content (AvgIpc) is 2.37. The Kier molecular flexibility index (Phi) is 10.5. The summed E-state index contributed by atoms with van der Waals surface area (Å²) in [4.78, 5) is 2.27. The minimum absolute atomic E-state index is 0.382. The number of hydrogen-bond donors (Lipinski definition) is 2. The molecule has 0 aliphatic heterocycles. The molecule has 0 spiro atoms. The second-order valence-corrected chi connectivity index (χ2v) is 7.92. The molecule has 0 aliphatic rings. The zero-order valence-corrected chi connectivity index (χ0v) is 14.6. The van der Waals surface area contributed by atoms with Crippen molar-refractivity contribution in [2.75, 3.05) is 33.2 Å². The quantitative estimate of drug-likeness (QED) is 0.535. The number of rotatable bonds is 12. The molecular weight excluding hydrogens is 274 g/mol. The molecule has 122 valence electrons. The first-order chi connectivity index (χ1) is 9.31. The summed E-state index contributed by atoms with van der Waals surface area (Å²) in [6, 6.07) is 0.538. The summed E-state index contributed by atoms with van der Waals surface area (Å²) in [5.41, 5.74) is 0. The van der Waals surface area contributed by atoms with E-state index in [1.54, 1.807) is 6.92 Å². The number of nitrogens with zero attached hydrogens (tertiary/aromatic N) is 1. The highest BCUT2D eigenvalue weighted by atomic mass is 32.2. The molecule has 0 heterocycles. The second-order valence-electron chi connectivity index (χ2n) is 5.74. The normalized spacial score (nSPS) is 14.2. The van der Waals surface area contributed by atoms with Crippen molar-refractivity contribution < 1.29 is 8.42 Å². The van der Waals surface area contributed by atoms with Crippen molar-refractivity contribution in [2.45, 2.75) is 58.2 Å². The van der Waals surface area contributed by atoms with E-state index in [0.717, 1.165) is 32.4 Å². The van der Waals surface area contributed by atoms with E-state index >= 15 is 0 Å². The first-order valence-electron chi connectivity index (χ1n) is 7.70. The standard InChI is InChI=1S/C14H33N3O2S/c1-6-9-15-12-14(4)20(18,19)16-10-7-8-11-17(5)13(2)3/h13-16H,6-12H2,1-5H3. The van der Waals surface area contributed by atoms with Crippen LogP contribution in [0.2, 0.25) is 0 Å². The van der Waals surface area contributed by atoms with Crippen molar-refractivity contribution in [3.8, 4) is 0 Å². The zero-order valence-electron chi connectivity index (χ0n) is 13.8. The fourth-order valence-corrected chi connectivity index (χ4v) is 2.74. The molecule has 0 aromatic rings. The van der Waals surface area contributed by atoms with E-state index in [0.29, 0.717) is 19.1 Å². The van der Waals surface area contributed by atoms with E-state index in [9.17, 15) is 8.42 Å². The van der Waals surface area contributed by atoms with Gasteiger partial charge in [-0.3, -0.25) is 0 Å². The van der Waals surface area contributed by atoms with Crippen LogP contribution in [-0.4, -0.2) is 57.8 Å². The number of hydrogen-bond acceptors (Lipinski definition) is 4. The molecule has 0 bridgehead atoms. The maximum Gasteiger partial charge on any atom is 0.215 e. The van der Waals surface area contributed by atoms with Gasteiger partial charge in [0.1, 0.15) is 0 Å². The number of unbranched alkanes of at least 4 members (excludes halogenated alkanes) is 1. The molecule has 0 aromatic heterocycles. The van der Waals surface area contributed by atoms with Crippen molar-refractivity contribution in [1.82, 2.24) is 14.9 Å². The molecule has 0 saturated heterocycles. The summed E-state index contributed by atoms with van der Waals surface area (Å²) in [6.45, 7) is 11.1. The van der Waals surface area contributed by atoms with Crippen molar-refractivity contribution in [1.29, 1.82) is 0 Å². The van der Waals surface area contributed by atoms with E-state index < -0.39 is 10.0 Å². The minimum atomic E-state index is -3.18. The smallest absolute Gasteiger partial charge is 0.215 e. The van der Waals surface area contributed by atoms with Gasteiger partial charge in [-0.15, -0.1) is 0 Å². The van der Waals surface area contributed by atoms with Crippen molar-refractivity contribution in [3.05, 3.63) is 0 Å². The highest BCUT2D eigenvalue weighted by Gasteiger charge is 2.19. The molecule has 0 rings (SSSR count). The molecule has 2 N–H and O–H groups in total. The third-order valence-corrected chi connectivity index (χ3v) is 5.34. The molecule has 0 saturated carbocycles. The van der Waals surface area contributed by atoms with Gasteiger partial charge in [0.25, 0.3) is 0 Å². The van der Waals surface area contributed by atoms with E-state index in [-0.39, 0.29) is 5.25 Å². The summed E-state index contributed by atoms with van der Waals surface area (Å²) in [6.07, 6.45) is 2.91. The molecule has 0 radical (unpaired) electrons. The molecule has 0 amide bonds. The zero-order chi connectivity index (χ0) is 15.6. The lowest BCUT2D eigenvalue weighted by atomic mass is 10.2. The minimum Gasteiger partial charge on any atom is -0.315 e. The third kappa shape index (κ3) is 8.89. The summed E-state index contributed by atoms with van der Waals surface area (Å²) in [7, 11) is -1.09. The molecule has 0 aliphatic carbocycles. The Balaban J connectivity index is 3.82. The van der Waals surface area contributed by atoms with Crippen LogP contribution >= 0.6 is 0 Å². The van der Waals surface area contributed by atoms with Gasteiger partial charge in [0.2, 0.25) is 10.0 Å². The third-order valence-electron chi connectivity index (χ3n) is 3.51. The lowest BCUT2D eigenvalue weighted by molar-refractivity contribution is 0.268. The van der Waals surface area contributed by atoms with Gasteiger partial charge in [0, 0.05) is 19.1 Å². The Morgan fingerprint density at radius 2 is 1.75 bits per heavy atom. The van der Waals surface area contributed by atoms with Crippen molar-refractivity contribution in [2.24, 2.45) is 0 Å². The summed E-state index contributed by atoms with van der Waals surface area (Å²) >= 11 is 0. The van der Waals surface area contributed by atoms with Crippen LogP contribution in [-0.2, 0) is 10.0 Å². The van der Waals surface area contributed by atoms with Gasteiger partial charge in [-0.25, -0.2) is 13.1 Å². The van der Waals surface area contributed by atoms with Crippen LogP contribution < -0.4 is 10.0 Å². The summed E-state index contributed by atoms with van der Waals surface area (Å²) in [5.74, 6) is 0. The maximum absolute atomic E-state index is 12.0. The summed E-state index contributed by atoms with van der Waals surface area (Å²) < 4.78 is 26.6. The molecule has 20 heavy (non-hydrogen) atoms. The monoisotopic (exact) mass is 307 g/mol. The Morgan fingerprint density at radius 3 is 2.30 bits per heavy atom. The molecule has 0 aromatic carbocycles. The van der Waals surface area contributed by atoms with E-state index in [1.165, 1.54) is 0 Å². The lowest BCUT2D eigenvalue weighted by Crippen LogP contribution is -2.39. The average molecular weight is 308 g/mol. The van der Waals surface area contributed by atoms with Crippen LogP contribution in [0.25, 0.3) is 0 Å². The Hall–Kier alpha value is -0.170. The SMILES string of the molecule is CCCNCC(C)S(=O)(=O)NCCCCN(C)C(C)C. The van der Waals surface area contributed by atoms with Crippen LogP contribution in [0.4, 0.5) is 0 Å². The molecule has 5 nitrogen and oxygen atoms in total. The first kappa shape index (κ1) is 19.8. The largest absolute Gasteiger partial charge is 0.315 e. The fraction of sp³-hybridized carbons (Fsp3) is 1.00. The predicted molar refractivity (Wildman–Crippen MR) is 86.5 cm³/mol. The van der Waals surface area contributed by atoms with Gasteiger partial charge in [0.05, 0.1) is 5.25 Å². The summed E-state index contributed by atoms with van der Waals surface area (Å²) in [5, 5.41) is 2.76. The molecule has 1 unspecified atom stereocenters. The maximum atomic E-state index is 12.0. The fourth-order valence-electron chi connectivity index (χ4n) is 1.69. The van der Waals surface area contributed by atoms with Gasteiger partial charge >= 0.3 is 0 Å². The molecule has 0 fully saturated rings. The highest BCUT2D eigenvalue weighted by molar-refractivity contribution is 7.90. The number of sulfonamides is 1. The van der Waals surface area contributed by atoms with Gasteiger partial charge in [-0.1, -0.05) is 6.92 Å². The predicted octanol–water partition coefficient (Wildman–Crippen LogP) is 1.41. The van der Waals surface area contributed by atoms with Gasteiger partial charge < -0.3 is 10.2 Å².